The summed E-state index contributed by atoms with van der Waals surface area (Å²) in [7, 11) is -1.36. The second kappa shape index (κ2) is 15.7. The normalized spacial score (nSPS) is 13.4. The van der Waals surface area contributed by atoms with E-state index in [2.05, 4.69) is 78.3 Å². The average Bonchev–Trinajstić information content (AvgIpc) is 3.02. The van der Waals surface area contributed by atoms with Crippen LogP contribution in [0.2, 0.25) is 19.6 Å². The van der Waals surface area contributed by atoms with Gasteiger partial charge in [0.15, 0.2) is 0 Å². The van der Waals surface area contributed by atoms with Gasteiger partial charge in [0.2, 0.25) is 0 Å². The largest absolute Gasteiger partial charge is 0.305 e. The van der Waals surface area contributed by atoms with Crippen molar-refractivity contribution in [3.05, 3.63) is 120 Å². The molecule has 3 heterocycles. The van der Waals surface area contributed by atoms with E-state index in [-0.39, 0.29) is 20.1 Å². The maximum Gasteiger partial charge on any atom is 0.0798 e. The number of aryl methyl sites for hydroxylation is 2. The van der Waals surface area contributed by atoms with E-state index in [1.165, 1.54) is 38.5 Å². The van der Waals surface area contributed by atoms with Gasteiger partial charge >= 0.3 is 0 Å². The van der Waals surface area contributed by atoms with Gasteiger partial charge in [-0.15, -0.1) is 71.8 Å². The number of rotatable bonds is 6. The first-order valence-electron chi connectivity index (χ1n) is 15.6. The molecule has 0 atom stereocenters. The van der Waals surface area contributed by atoms with Crippen LogP contribution in [0.15, 0.2) is 91.3 Å². The molecule has 1 radical (unpaired) electrons. The van der Waals surface area contributed by atoms with Gasteiger partial charge in [-0.1, -0.05) is 81.6 Å². The molecule has 1 fully saturated rings. The zero-order valence-electron chi connectivity index (χ0n) is 26.7. The van der Waals surface area contributed by atoms with Crippen molar-refractivity contribution >= 4 is 13.3 Å². The molecule has 3 nitrogen and oxygen atoms in total. The first-order valence-corrected chi connectivity index (χ1v) is 19.1. The van der Waals surface area contributed by atoms with Crippen molar-refractivity contribution in [2.24, 2.45) is 5.92 Å². The predicted octanol–water partition coefficient (Wildman–Crippen LogP) is 9.44. The quantitative estimate of drug-likeness (QED) is 0.128. The number of hydrogen-bond donors (Lipinski definition) is 0. The van der Waals surface area contributed by atoms with Crippen LogP contribution in [0.4, 0.5) is 0 Å². The molecule has 5 heteroatoms. The average molecular weight is 774 g/mol. The second-order valence-electron chi connectivity index (χ2n) is 12.8. The monoisotopic (exact) mass is 774 g/mol. The fourth-order valence-electron chi connectivity index (χ4n) is 6.00. The van der Waals surface area contributed by atoms with Crippen LogP contribution in [0, 0.1) is 31.9 Å². The van der Waals surface area contributed by atoms with E-state index in [4.69, 9.17) is 4.98 Å². The van der Waals surface area contributed by atoms with Crippen LogP contribution in [-0.2, 0) is 26.5 Å². The minimum atomic E-state index is -1.36. The number of hydrogen-bond acceptors (Lipinski definition) is 3. The van der Waals surface area contributed by atoms with Gasteiger partial charge in [0.25, 0.3) is 0 Å². The van der Waals surface area contributed by atoms with Gasteiger partial charge in [0, 0.05) is 55.0 Å². The second-order valence-corrected chi connectivity index (χ2v) is 17.8. The van der Waals surface area contributed by atoms with E-state index in [1.54, 1.807) is 10.8 Å². The van der Waals surface area contributed by atoms with Crippen molar-refractivity contribution in [2.75, 3.05) is 0 Å². The zero-order chi connectivity index (χ0) is 30.2. The molecule has 2 aromatic carbocycles. The third-order valence-electron chi connectivity index (χ3n) is 8.30. The van der Waals surface area contributed by atoms with Gasteiger partial charge in [-0.05, 0) is 48.8 Å². The van der Waals surface area contributed by atoms with Gasteiger partial charge in [0.1, 0.15) is 0 Å². The van der Waals surface area contributed by atoms with Crippen molar-refractivity contribution in [2.45, 2.75) is 72.0 Å². The number of pyridine rings is 3. The standard InChI is InChI=1S/C21H28NSi.C18H15N2.Ir/c1-23(2,3)21-16-22-20(18-12-8-5-9-13-18)15-19(21)14-17-10-6-4-7-11-17;1-13-8-10-17(14(2)20-13)16-9-11-18(19-12-16)15-6-4-3-5-7-15;/h5,8-9,12,15-17H,4,6-7,10-11,14H2,1-3H3;3-6,8-12H,1-2H3;/q2*-1;. The molecule has 1 saturated carbocycles. The zero-order valence-corrected chi connectivity index (χ0v) is 30.1. The van der Waals surface area contributed by atoms with Crippen LogP contribution >= 0.6 is 0 Å². The molecular weight excluding hydrogens is 731 g/mol. The van der Waals surface area contributed by atoms with Crippen LogP contribution in [0.5, 0.6) is 0 Å². The van der Waals surface area contributed by atoms with Gasteiger partial charge in [-0.3, -0.25) is 4.98 Å². The molecule has 0 saturated heterocycles. The van der Waals surface area contributed by atoms with Crippen LogP contribution < -0.4 is 5.19 Å². The van der Waals surface area contributed by atoms with E-state index in [0.29, 0.717) is 0 Å². The summed E-state index contributed by atoms with van der Waals surface area (Å²) in [5.74, 6) is 0.869. The summed E-state index contributed by atoms with van der Waals surface area (Å²) < 4.78 is 0. The molecule has 0 spiro atoms. The first-order chi connectivity index (χ1) is 20.8. The van der Waals surface area contributed by atoms with Crippen molar-refractivity contribution in [1.29, 1.82) is 0 Å². The molecule has 0 aliphatic heterocycles. The fourth-order valence-corrected chi connectivity index (χ4v) is 7.59. The molecule has 1 aliphatic rings. The van der Waals surface area contributed by atoms with Gasteiger partial charge < -0.3 is 9.97 Å². The smallest absolute Gasteiger partial charge is 0.0798 e. The van der Waals surface area contributed by atoms with Gasteiger partial charge in [0.05, 0.1) is 8.07 Å². The number of nitrogens with zero attached hydrogens (tertiary/aromatic N) is 3. The van der Waals surface area contributed by atoms with Gasteiger partial charge in [-0.2, -0.15) is 0 Å². The Morgan fingerprint density at radius 3 is 1.98 bits per heavy atom. The summed E-state index contributed by atoms with van der Waals surface area (Å²) in [5, 5.41) is 1.54. The third kappa shape index (κ3) is 8.91. The SMILES string of the molecule is C[Si](C)(C)c1cnc(-c2[c-]cccc2)cc1CC1CCCCC1.Cc1ccc(-c2ccc(-c3[c-]cccc3)nc2)c(C)n1.[Ir]. The Kier molecular flexibility index (Phi) is 12.0. The van der Waals surface area contributed by atoms with Crippen LogP contribution in [0.25, 0.3) is 33.6 Å². The Balaban J connectivity index is 0.000000198. The molecular formula is C39H43IrN3Si-2. The van der Waals surface area contributed by atoms with Crippen molar-refractivity contribution in [3.8, 4) is 33.6 Å². The van der Waals surface area contributed by atoms with E-state index in [1.807, 2.05) is 68.6 Å². The Bertz CT molecular complexity index is 1610. The van der Waals surface area contributed by atoms with E-state index in [0.717, 1.165) is 50.9 Å². The maximum atomic E-state index is 4.77. The molecule has 44 heavy (non-hydrogen) atoms. The summed E-state index contributed by atoms with van der Waals surface area (Å²) in [6, 6.07) is 33.2. The molecule has 0 amide bonds. The molecule has 1 aliphatic carbocycles. The minimum absolute atomic E-state index is 0. The topological polar surface area (TPSA) is 38.7 Å². The Morgan fingerprint density at radius 2 is 1.41 bits per heavy atom. The van der Waals surface area contributed by atoms with Crippen molar-refractivity contribution in [3.63, 3.8) is 0 Å². The Morgan fingerprint density at radius 1 is 0.750 bits per heavy atom. The van der Waals surface area contributed by atoms with E-state index in [9.17, 15) is 0 Å². The van der Waals surface area contributed by atoms with Crippen LogP contribution in [0.3, 0.4) is 0 Å². The predicted molar refractivity (Wildman–Crippen MR) is 183 cm³/mol. The summed E-state index contributed by atoms with van der Waals surface area (Å²) >= 11 is 0. The van der Waals surface area contributed by atoms with Gasteiger partial charge in [-0.25, -0.2) is 0 Å². The summed E-state index contributed by atoms with van der Waals surface area (Å²) in [6.45, 7) is 11.3. The Labute approximate surface area is 279 Å². The number of aromatic nitrogens is 3. The van der Waals surface area contributed by atoms with Crippen LogP contribution in [0.1, 0.15) is 49.1 Å². The number of benzene rings is 2. The molecule has 3 aromatic heterocycles. The summed E-state index contributed by atoms with van der Waals surface area (Å²) in [4.78, 5) is 13.8. The summed E-state index contributed by atoms with van der Waals surface area (Å²) in [6.07, 6.45) is 12.4. The molecule has 6 rings (SSSR count). The summed E-state index contributed by atoms with van der Waals surface area (Å²) in [5.41, 5.74) is 9.99. The van der Waals surface area contributed by atoms with Crippen LogP contribution in [-0.4, -0.2) is 23.0 Å². The Hall–Kier alpha value is -3.24. The van der Waals surface area contributed by atoms with Crippen molar-refractivity contribution in [1.82, 2.24) is 15.0 Å². The third-order valence-corrected chi connectivity index (χ3v) is 10.4. The van der Waals surface area contributed by atoms with E-state index < -0.39 is 8.07 Å². The van der Waals surface area contributed by atoms with Crippen molar-refractivity contribution < 1.29 is 20.1 Å². The molecule has 0 unspecified atom stereocenters. The maximum absolute atomic E-state index is 4.77. The molecule has 0 N–H and O–H groups in total. The van der Waals surface area contributed by atoms with E-state index >= 15 is 0 Å². The molecule has 229 valence electrons. The first kappa shape index (κ1) is 33.6. The molecule has 5 aromatic rings. The fraction of sp³-hybridized carbons (Fsp3) is 0.308. The minimum Gasteiger partial charge on any atom is -0.305 e. The molecule has 0 bridgehead atoms.